The van der Waals surface area contributed by atoms with Crippen LogP contribution in [0, 0.1) is 0 Å². The Morgan fingerprint density at radius 2 is 1.95 bits per heavy atom. The molecule has 19 heavy (non-hydrogen) atoms. The van der Waals surface area contributed by atoms with Gasteiger partial charge in [-0.15, -0.1) is 0 Å². The third kappa shape index (κ3) is 6.51. The summed E-state index contributed by atoms with van der Waals surface area (Å²) in [7, 11) is 0. The van der Waals surface area contributed by atoms with E-state index in [2.05, 4.69) is 33.0 Å². The van der Waals surface area contributed by atoms with E-state index in [1.807, 2.05) is 6.07 Å². The fourth-order valence-electron chi connectivity index (χ4n) is 1.69. The maximum absolute atomic E-state index is 6.13. The molecule has 0 saturated carbocycles. The highest BCUT2D eigenvalue weighted by atomic mass is 35.5. The first-order chi connectivity index (χ1) is 8.81. The molecule has 2 nitrogen and oxygen atoms in total. The lowest BCUT2D eigenvalue weighted by molar-refractivity contribution is 0.175. The summed E-state index contributed by atoms with van der Waals surface area (Å²) in [6.07, 6.45) is 2.17. The minimum absolute atomic E-state index is 0.0825. The molecule has 0 aliphatic carbocycles. The molecular formula is C15H23Cl2NO. The number of benzene rings is 1. The van der Waals surface area contributed by atoms with Gasteiger partial charge in [-0.05, 0) is 45.4 Å². The summed E-state index contributed by atoms with van der Waals surface area (Å²) in [5.74, 6) is 0.695. The van der Waals surface area contributed by atoms with Gasteiger partial charge in [0.05, 0.1) is 5.02 Å². The summed E-state index contributed by atoms with van der Waals surface area (Å²) >= 11 is 12.0. The zero-order chi connectivity index (χ0) is 14.5. The first-order valence-electron chi connectivity index (χ1n) is 6.68. The van der Waals surface area contributed by atoms with Gasteiger partial charge < -0.3 is 10.1 Å². The second-order valence-electron chi connectivity index (χ2n) is 5.73. The monoisotopic (exact) mass is 303 g/mol. The molecule has 1 unspecified atom stereocenters. The van der Waals surface area contributed by atoms with Gasteiger partial charge in [-0.3, -0.25) is 0 Å². The van der Waals surface area contributed by atoms with Gasteiger partial charge in [0.1, 0.15) is 11.9 Å². The summed E-state index contributed by atoms with van der Waals surface area (Å²) in [6, 6.07) is 5.33. The van der Waals surface area contributed by atoms with Crippen LogP contribution in [0.25, 0.3) is 0 Å². The first kappa shape index (κ1) is 16.6. The molecule has 0 amide bonds. The quantitative estimate of drug-likeness (QED) is 0.804. The number of ether oxygens (including phenoxy) is 1. The second kappa shape index (κ2) is 7.37. The van der Waals surface area contributed by atoms with E-state index in [0.29, 0.717) is 15.8 Å². The van der Waals surface area contributed by atoms with Gasteiger partial charge in [-0.1, -0.05) is 36.5 Å². The summed E-state index contributed by atoms with van der Waals surface area (Å²) in [5.41, 5.74) is 0.0825. The van der Waals surface area contributed by atoms with Crippen LogP contribution in [-0.2, 0) is 0 Å². The standard InChI is InChI=1S/C15H23Cl2NO/c1-5-6-12(10-18-15(2,3)4)19-14-8-7-11(16)9-13(14)17/h7-9,12,18H,5-6,10H2,1-4H3. The fourth-order valence-corrected chi connectivity index (χ4v) is 2.15. The Balaban J connectivity index is 2.67. The minimum atomic E-state index is 0.0825. The van der Waals surface area contributed by atoms with E-state index in [4.69, 9.17) is 27.9 Å². The van der Waals surface area contributed by atoms with Crippen molar-refractivity contribution in [2.75, 3.05) is 6.54 Å². The lowest BCUT2D eigenvalue weighted by Crippen LogP contribution is -2.42. The van der Waals surface area contributed by atoms with Gasteiger partial charge in [-0.25, -0.2) is 0 Å². The molecule has 108 valence electrons. The molecule has 1 aromatic rings. The van der Waals surface area contributed by atoms with Crippen LogP contribution in [0.5, 0.6) is 5.75 Å². The molecule has 0 heterocycles. The lowest BCUT2D eigenvalue weighted by atomic mass is 10.1. The molecule has 4 heteroatoms. The highest BCUT2D eigenvalue weighted by Gasteiger charge is 2.16. The second-order valence-corrected chi connectivity index (χ2v) is 6.58. The van der Waals surface area contributed by atoms with Crippen LogP contribution in [0.2, 0.25) is 10.0 Å². The number of hydrogen-bond acceptors (Lipinski definition) is 2. The van der Waals surface area contributed by atoms with E-state index >= 15 is 0 Å². The van der Waals surface area contributed by atoms with Gasteiger partial charge >= 0.3 is 0 Å². The largest absolute Gasteiger partial charge is 0.488 e. The molecule has 0 aliphatic heterocycles. The molecule has 1 N–H and O–H groups in total. The predicted octanol–water partition coefficient (Wildman–Crippen LogP) is 4.93. The van der Waals surface area contributed by atoms with Crippen molar-refractivity contribution in [3.8, 4) is 5.75 Å². The number of nitrogens with one attached hydrogen (secondary N) is 1. The summed E-state index contributed by atoms with van der Waals surface area (Å²) in [6.45, 7) is 9.38. The van der Waals surface area contributed by atoms with E-state index in [9.17, 15) is 0 Å². The third-order valence-electron chi connectivity index (χ3n) is 2.66. The maximum atomic E-state index is 6.13. The third-order valence-corrected chi connectivity index (χ3v) is 3.19. The van der Waals surface area contributed by atoms with Crippen LogP contribution in [0.3, 0.4) is 0 Å². The van der Waals surface area contributed by atoms with Crippen LogP contribution in [0.1, 0.15) is 40.5 Å². The van der Waals surface area contributed by atoms with Gasteiger partial charge in [0, 0.05) is 17.1 Å². The summed E-state index contributed by atoms with van der Waals surface area (Å²) in [4.78, 5) is 0. The van der Waals surface area contributed by atoms with Crippen LogP contribution >= 0.6 is 23.2 Å². The minimum Gasteiger partial charge on any atom is -0.488 e. The molecule has 1 atom stereocenters. The van der Waals surface area contributed by atoms with Gasteiger partial charge in [0.25, 0.3) is 0 Å². The Labute approximate surface area is 126 Å². The molecular weight excluding hydrogens is 281 g/mol. The zero-order valence-corrected chi connectivity index (χ0v) is 13.6. The molecule has 0 aromatic heterocycles. The van der Waals surface area contributed by atoms with Crippen LogP contribution in [0.15, 0.2) is 18.2 Å². The van der Waals surface area contributed by atoms with E-state index in [-0.39, 0.29) is 11.6 Å². The SMILES string of the molecule is CCCC(CNC(C)(C)C)Oc1ccc(Cl)cc1Cl. The van der Waals surface area contributed by atoms with Gasteiger partial charge in [-0.2, -0.15) is 0 Å². The average molecular weight is 304 g/mol. The highest BCUT2D eigenvalue weighted by molar-refractivity contribution is 6.35. The van der Waals surface area contributed by atoms with Gasteiger partial charge in [0.15, 0.2) is 0 Å². The van der Waals surface area contributed by atoms with Crippen LogP contribution in [-0.4, -0.2) is 18.2 Å². The topological polar surface area (TPSA) is 21.3 Å². The Hall–Kier alpha value is -0.440. The predicted molar refractivity (Wildman–Crippen MR) is 83.5 cm³/mol. The van der Waals surface area contributed by atoms with Crippen molar-refractivity contribution < 1.29 is 4.74 Å². The summed E-state index contributed by atoms with van der Waals surface area (Å²) in [5, 5.41) is 4.65. The van der Waals surface area contributed by atoms with Gasteiger partial charge in [0.2, 0.25) is 0 Å². The van der Waals surface area contributed by atoms with Crippen molar-refractivity contribution in [1.82, 2.24) is 5.32 Å². The van der Waals surface area contributed by atoms with Crippen molar-refractivity contribution in [2.45, 2.75) is 52.2 Å². The molecule has 0 aliphatic rings. The average Bonchev–Trinajstić information content (AvgIpc) is 2.28. The van der Waals surface area contributed by atoms with Crippen molar-refractivity contribution in [2.24, 2.45) is 0 Å². The summed E-state index contributed by atoms with van der Waals surface area (Å²) < 4.78 is 5.98. The molecule has 0 saturated heterocycles. The van der Waals surface area contributed by atoms with Crippen molar-refractivity contribution >= 4 is 23.2 Å². The first-order valence-corrected chi connectivity index (χ1v) is 7.44. The normalized spacial score (nSPS) is 13.4. The Morgan fingerprint density at radius 3 is 2.47 bits per heavy atom. The van der Waals surface area contributed by atoms with Crippen molar-refractivity contribution in [1.29, 1.82) is 0 Å². The van der Waals surface area contributed by atoms with E-state index in [1.165, 1.54) is 0 Å². The molecule has 0 fully saturated rings. The zero-order valence-electron chi connectivity index (χ0n) is 12.1. The lowest BCUT2D eigenvalue weighted by Gasteiger charge is -2.26. The van der Waals surface area contributed by atoms with Crippen molar-refractivity contribution in [3.63, 3.8) is 0 Å². The number of rotatable bonds is 6. The van der Waals surface area contributed by atoms with E-state index in [0.717, 1.165) is 19.4 Å². The highest BCUT2D eigenvalue weighted by Crippen LogP contribution is 2.28. The molecule has 1 rings (SSSR count). The molecule has 0 bridgehead atoms. The number of halogens is 2. The molecule has 1 aromatic carbocycles. The molecule has 0 spiro atoms. The van der Waals surface area contributed by atoms with E-state index < -0.39 is 0 Å². The molecule has 0 radical (unpaired) electrons. The maximum Gasteiger partial charge on any atom is 0.138 e. The Kier molecular flexibility index (Phi) is 6.45. The Bertz CT molecular complexity index is 402. The smallest absolute Gasteiger partial charge is 0.138 e. The fraction of sp³-hybridized carbons (Fsp3) is 0.600. The van der Waals surface area contributed by atoms with Crippen LogP contribution in [0.4, 0.5) is 0 Å². The Morgan fingerprint density at radius 1 is 1.26 bits per heavy atom. The van der Waals surface area contributed by atoms with E-state index in [1.54, 1.807) is 12.1 Å². The van der Waals surface area contributed by atoms with Crippen molar-refractivity contribution in [3.05, 3.63) is 28.2 Å². The van der Waals surface area contributed by atoms with Crippen LogP contribution < -0.4 is 10.1 Å². The number of hydrogen-bond donors (Lipinski definition) is 1.